The van der Waals surface area contributed by atoms with E-state index < -0.39 is 11.7 Å². The molecule has 0 saturated heterocycles. The fraction of sp³-hybridized carbons (Fsp3) is 0.0526. The van der Waals surface area contributed by atoms with E-state index in [9.17, 15) is 14.0 Å². The van der Waals surface area contributed by atoms with E-state index in [0.29, 0.717) is 22.3 Å². The standard InChI is InChI=1S/C19H14FN5O2/c20-12-5-7-14(8-6-12)25-11-13(23-24-25)9-22-19(27)18(26)16-10-21-17-4-2-1-3-15(16)17/h1-8,10-11,21H,9H2,(H,22,27). The van der Waals surface area contributed by atoms with Gasteiger partial charge in [-0.1, -0.05) is 23.4 Å². The average molecular weight is 363 g/mol. The molecule has 0 atom stereocenters. The number of carbonyl (C=O) groups excluding carboxylic acids is 2. The molecule has 8 heteroatoms. The van der Waals surface area contributed by atoms with Gasteiger partial charge in [0.25, 0.3) is 11.7 Å². The topological polar surface area (TPSA) is 92.7 Å². The summed E-state index contributed by atoms with van der Waals surface area (Å²) in [6.45, 7) is 0.0497. The molecule has 0 aliphatic rings. The van der Waals surface area contributed by atoms with Crippen LogP contribution in [-0.2, 0) is 11.3 Å². The zero-order chi connectivity index (χ0) is 18.8. The van der Waals surface area contributed by atoms with Crippen molar-refractivity contribution in [2.75, 3.05) is 0 Å². The maximum atomic E-state index is 13.0. The molecule has 0 spiro atoms. The first kappa shape index (κ1) is 16.6. The van der Waals surface area contributed by atoms with Crippen LogP contribution < -0.4 is 5.32 Å². The normalized spacial score (nSPS) is 10.9. The van der Waals surface area contributed by atoms with Gasteiger partial charge in [-0.25, -0.2) is 9.07 Å². The second-order valence-electron chi connectivity index (χ2n) is 5.89. The molecule has 0 aliphatic carbocycles. The molecule has 1 amide bonds. The van der Waals surface area contributed by atoms with Gasteiger partial charge in [-0.15, -0.1) is 5.10 Å². The number of Topliss-reactive ketones (excluding diaryl/α,β-unsaturated/α-hetero) is 1. The molecule has 0 unspecified atom stereocenters. The van der Waals surface area contributed by atoms with Crippen LogP contribution in [0.5, 0.6) is 0 Å². The Hall–Kier alpha value is -3.81. The lowest BCUT2D eigenvalue weighted by Gasteiger charge is -2.01. The maximum absolute atomic E-state index is 13.0. The van der Waals surface area contributed by atoms with Gasteiger partial charge in [0.2, 0.25) is 0 Å². The minimum atomic E-state index is -0.726. The third kappa shape index (κ3) is 3.32. The Bertz CT molecular complexity index is 1130. The number of nitrogens with zero attached hydrogens (tertiary/aromatic N) is 3. The highest BCUT2D eigenvalue weighted by molar-refractivity contribution is 6.44. The minimum absolute atomic E-state index is 0.0497. The lowest BCUT2D eigenvalue weighted by Crippen LogP contribution is -2.30. The molecule has 134 valence electrons. The van der Waals surface area contributed by atoms with Crippen molar-refractivity contribution in [3.8, 4) is 5.69 Å². The summed E-state index contributed by atoms with van der Waals surface area (Å²) in [7, 11) is 0. The zero-order valence-corrected chi connectivity index (χ0v) is 14.0. The maximum Gasteiger partial charge on any atom is 0.292 e. The summed E-state index contributed by atoms with van der Waals surface area (Å²) in [5.74, 6) is -1.70. The van der Waals surface area contributed by atoms with E-state index in [4.69, 9.17) is 0 Å². The van der Waals surface area contributed by atoms with Gasteiger partial charge in [0, 0.05) is 17.1 Å². The van der Waals surface area contributed by atoms with E-state index in [0.717, 1.165) is 5.52 Å². The molecular formula is C19H14FN5O2. The van der Waals surface area contributed by atoms with Crippen LogP contribution in [0.2, 0.25) is 0 Å². The van der Waals surface area contributed by atoms with Crippen LogP contribution in [0, 0.1) is 5.82 Å². The van der Waals surface area contributed by atoms with Gasteiger partial charge < -0.3 is 10.3 Å². The monoisotopic (exact) mass is 363 g/mol. The summed E-state index contributed by atoms with van der Waals surface area (Å²) in [6, 6.07) is 13.0. The Morgan fingerprint density at radius 1 is 1.11 bits per heavy atom. The number of aromatic nitrogens is 4. The van der Waals surface area contributed by atoms with Crippen molar-refractivity contribution < 1.29 is 14.0 Å². The number of rotatable bonds is 5. The first-order chi connectivity index (χ1) is 13.1. The molecule has 0 bridgehead atoms. The summed E-state index contributed by atoms with van der Waals surface area (Å²) in [4.78, 5) is 27.6. The van der Waals surface area contributed by atoms with Gasteiger partial charge in [-0.3, -0.25) is 9.59 Å². The van der Waals surface area contributed by atoms with E-state index in [1.54, 1.807) is 30.5 Å². The molecule has 4 aromatic rings. The second-order valence-corrected chi connectivity index (χ2v) is 5.89. The molecule has 7 nitrogen and oxygen atoms in total. The number of halogens is 1. The first-order valence-electron chi connectivity index (χ1n) is 8.17. The quantitative estimate of drug-likeness (QED) is 0.421. The molecule has 0 saturated carbocycles. The van der Waals surface area contributed by atoms with E-state index in [1.165, 1.54) is 23.0 Å². The van der Waals surface area contributed by atoms with Crippen molar-refractivity contribution >= 4 is 22.6 Å². The molecule has 2 heterocycles. The largest absolute Gasteiger partial charge is 0.360 e. The molecule has 2 aromatic carbocycles. The summed E-state index contributed by atoms with van der Waals surface area (Å²) in [5, 5.41) is 11.1. The minimum Gasteiger partial charge on any atom is -0.360 e. The zero-order valence-electron chi connectivity index (χ0n) is 14.0. The Morgan fingerprint density at radius 2 is 1.89 bits per heavy atom. The van der Waals surface area contributed by atoms with Crippen LogP contribution in [0.1, 0.15) is 16.1 Å². The number of ketones is 1. The number of H-pyrrole nitrogens is 1. The van der Waals surface area contributed by atoms with Gasteiger partial charge >= 0.3 is 0 Å². The van der Waals surface area contributed by atoms with Crippen LogP contribution in [0.4, 0.5) is 4.39 Å². The summed E-state index contributed by atoms with van der Waals surface area (Å²) in [5.41, 5.74) is 2.21. The van der Waals surface area contributed by atoms with E-state index in [-0.39, 0.29) is 12.4 Å². The van der Waals surface area contributed by atoms with Crippen LogP contribution >= 0.6 is 0 Å². The van der Waals surface area contributed by atoms with Crippen LogP contribution in [0.25, 0.3) is 16.6 Å². The smallest absolute Gasteiger partial charge is 0.292 e. The van der Waals surface area contributed by atoms with E-state index in [2.05, 4.69) is 20.6 Å². The van der Waals surface area contributed by atoms with Gasteiger partial charge in [-0.2, -0.15) is 0 Å². The molecule has 0 fully saturated rings. The number of amides is 1. The highest BCUT2D eigenvalue weighted by Crippen LogP contribution is 2.18. The first-order valence-corrected chi connectivity index (χ1v) is 8.17. The third-order valence-electron chi connectivity index (χ3n) is 4.10. The van der Waals surface area contributed by atoms with Crippen molar-refractivity contribution in [2.45, 2.75) is 6.54 Å². The highest BCUT2D eigenvalue weighted by Gasteiger charge is 2.19. The van der Waals surface area contributed by atoms with Crippen molar-refractivity contribution in [3.05, 3.63) is 78.0 Å². The van der Waals surface area contributed by atoms with Gasteiger partial charge in [0.1, 0.15) is 11.5 Å². The number of aromatic amines is 1. The number of hydrogen-bond donors (Lipinski definition) is 2. The highest BCUT2D eigenvalue weighted by atomic mass is 19.1. The molecule has 2 aromatic heterocycles. The Morgan fingerprint density at radius 3 is 2.70 bits per heavy atom. The molecule has 2 N–H and O–H groups in total. The number of hydrogen-bond acceptors (Lipinski definition) is 4. The number of para-hydroxylation sites is 1. The lowest BCUT2D eigenvalue weighted by atomic mass is 10.1. The van der Waals surface area contributed by atoms with Crippen molar-refractivity contribution in [1.29, 1.82) is 0 Å². The number of fused-ring (bicyclic) bond motifs is 1. The fourth-order valence-electron chi connectivity index (χ4n) is 2.73. The SMILES string of the molecule is O=C(NCc1cn(-c2ccc(F)cc2)nn1)C(=O)c1c[nH]c2ccccc12. The second kappa shape index (κ2) is 6.83. The molecule has 4 rings (SSSR count). The van der Waals surface area contributed by atoms with E-state index in [1.807, 2.05) is 12.1 Å². The fourth-order valence-corrected chi connectivity index (χ4v) is 2.73. The predicted octanol–water partition coefficient (Wildman–Crippen LogP) is 2.39. The van der Waals surface area contributed by atoms with Crippen molar-refractivity contribution in [2.24, 2.45) is 0 Å². The Kier molecular flexibility index (Phi) is 4.21. The molecular weight excluding hydrogens is 349 g/mol. The van der Waals surface area contributed by atoms with Crippen LogP contribution in [-0.4, -0.2) is 31.7 Å². The predicted molar refractivity (Wildman–Crippen MR) is 95.8 cm³/mol. The summed E-state index contributed by atoms with van der Waals surface area (Å²) >= 11 is 0. The van der Waals surface area contributed by atoms with Crippen molar-refractivity contribution in [3.63, 3.8) is 0 Å². The van der Waals surface area contributed by atoms with Gasteiger partial charge in [0.15, 0.2) is 0 Å². The van der Waals surface area contributed by atoms with E-state index >= 15 is 0 Å². The Balaban J connectivity index is 1.43. The van der Waals surface area contributed by atoms with Crippen molar-refractivity contribution in [1.82, 2.24) is 25.3 Å². The number of carbonyl (C=O) groups is 2. The van der Waals surface area contributed by atoms with Crippen LogP contribution in [0.3, 0.4) is 0 Å². The number of nitrogens with one attached hydrogen (secondary N) is 2. The summed E-state index contributed by atoms with van der Waals surface area (Å²) < 4.78 is 14.4. The lowest BCUT2D eigenvalue weighted by molar-refractivity contribution is -0.117. The molecule has 27 heavy (non-hydrogen) atoms. The number of benzene rings is 2. The summed E-state index contributed by atoms with van der Waals surface area (Å²) in [6.07, 6.45) is 3.13. The van der Waals surface area contributed by atoms with Gasteiger partial charge in [0.05, 0.1) is 24.0 Å². The average Bonchev–Trinajstić information content (AvgIpc) is 3.33. The Labute approximate surface area is 152 Å². The van der Waals surface area contributed by atoms with Gasteiger partial charge in [-0.05, 0) is 30.3 Å². The molecule has 0 radical (unpaired) electrons. The van der Waals surface area contributed by atoms with Crippen LogP contribution in [0.15, 0.2) is 60.9 Å². The third-order valence-corrected chi connectivity index (χ3v) is 4.10. The molecule has 0 aliphatic heterocycles.